The number of H-pyrrole nitrogens is 1. The average Bonchev–Trinajstić information content (AvgIpc) is 2.58. The van der Waals surface area contributed by atoms with Gasteiger partial charge in [0.25, 0.3) is 5.56 Å². The first-order chi connectivity index (χ1) is 12.4. The van der Waals surface area contributed by atoms with Crippen LogP contribution in [0.15, 0.2) is 51.1 Å². The fourth-order valence-corrected chi connectivity index (χ4v) is 2.86. The number of esters is 1. The van der Waals surface area contributed by atoms with E-state index >= 15 is 0 Å². The van der Waals surface area contributed by atoms with Gasteiger partial charge in [0, 0.05) is 6.92 Å². The third-order valence-corrected chi connectivity index (χ3v) is 3.93. The van der Waals surface area contributed by atoms with Crippen LogP contribution >= 0.6 is 23.2 Å². The monoisotopic (exact) mass is 391 g/mol. The van der Waals surface area contributed by atoms with Crippen LogP contribution in [0.4, 0.5) is 0 Å². The molecule has 2 aromatic carbocycles. The SMILES string of the molecule is CC(=O)Oc1c(Cl)cc(C=Nn2c(=O)[nH]c3ccccc3c2=O)cc1Cl. The molecule has 0 fully saturated rings. The van der Waals surface area contributed by atoms with Crippen molar-refractivity contribution in [2.45, 2.75) is 6.92 Å². The summed E-state index contributed by atoms with van der Waals surface area (Å²) >= 11 is 12.1. The van der Waals surface area contributed by atoms with Gasteiger partial charge in [-0.15, -0.1) is 4.68 Å². The molecule has 7 nitrogen and oxygen atoms in total. The number of carbonyl (C=O) groups excluding carboxylic acids is 1. The number of para-hydroxylation sites is 1. The van der Waals surface area contributed by atoms with Gasteiger partial charge in [-0.25, -0.2) is 4.79 Å². The second kappa shape index (κ2) is 7.15. The number of hydrogen-bond acceptors (Lipinski definition) is 5. The zero-order valence-corrected chi connectivity index (χ0v) is 14.8. The Hall–Kier alpha value is -2.90. The van der Waals surface area contributed by atoms with E-state index in [0.717, 1.165) is 0 Å². The van der Waals surface area contributed by atoms with E-state index in [1.54, 1.807) is 24.3 Å². The lowest BCUT2D eigenvalue weighted by Gasteiger charge is -2.07. The zero-order chi connectivity index (χ0) is 18.8. The molecule has 0 aliphatic rings. The van der Waals surface area contributed by atoms with E-state index in [9.17, 15) is 14.4 Å². The molecule has 3 aromatic rings. The van der Waals surface area contributed by atoms with Crippen LogP contribution in [0.5, 0.6) is 5.75 Å². The zero-order valence-electron chi connectivity index (χ0n) is 13.3. The van der Waals surface area contributed by atoms with Crippen LogP contribution in [0.25, 0.3) is 10.9 Å². The summed E-state index contributed by atoms with van der Waals surface area (Å²) in [5.41, 5.74) is -0.408. The predicted molar refractivity (Wildman–Crippen MR) is 99.6 cm³/mol. The van der Waals surface area contributed by atoms with E-state index in [1.807, 2.05) is 0 Å². The van der Waals surface area contributed by atoms with Gasteiger partial charge in [-0.3, -0.25) is 9.59 Å². The molecule has 0 bridgehead atoms. The molecule has 0 saturated heterocycles. The Morgan fingerprint density at radius 1 is 1.19 bits per heavy atom. The first-order valence-electron chi connectivity index (χ1n) is 7.32. The molecular formula is C17H11Cl2N3O4. The number of fused-ring (bicyclic) bond motifs is 1. The molecule has 0 spiro atoms. The second-order valence-corrected chi connectivity index (χ2v) is 6.06. The molecule has 1 heterocycles. The summed E-state index contributed by atoms with van der Waals surface area (Å²) in [4.78, 5) is 38.1. The van der Waals surface area contributed by atoms with Gasteiger partial charge >= 0.3 is 11.7 Å². The summed E-state index contributed by atoms with van der Waals surface area (Å²) in [6.07, 6.45) is 1.25. The summed E-state index contributed by atoms with van der Waals surface area (Å²) in [7, 11) is 0. The van der Waals surface area contributed by atoms with Crippen LogP contribution in [0.3, 0.4) is 0 Å². The fraction of sp³-hybridized carbons (Fsp3) is 0.0588. The van der Waals surface area contributed by atoms with E-state index in [0.29, 0.717) is 21.1 Å². The van der Waals surface area contributed by atoms with Crippen LogP contribution in [-0.2, 0) is 4.79 Å². The molecule has 1 aromatic heterocycles. The van der Waals surface area contributed by atoms with Crippen molar-refractivity contribution in [3.8, 4) is 5.75 Å². The number of nitrogens with zero attached hydrogens (tertiary/aromatic N) is 2. The first kappa shape index (κ1) is 17.9. The Bertz CT molecular complexity index is 1140. The topological polar surface area (TPSA) is 93.5 Å². The van der Waals surface area contributed by atoms with Crippen LogP contribution in [-0.4, -0.2) is 21.8 Å². The molecular weight excluding hydrogens is 381 g/mol. The normalized spacial score (nSPS) is 11.2. The van der Waals surface area contributed by atoms with E-state index in [4.69, 9.17) is 27.9 Å². The van der Waals surface area contributed by atoms with Crippen molar-refractivity contribution < 1.29 is 9.53 Å². The third kappa shape index (κ3) is 3.54. The number of hydrogen-bond donors (Lipinski definition) is 1. The van der Waals surface area contributed by atoms with Gasteiger partial charge in [-0.1, -0.05) is 35.3 Å². The highest BCUT2D eigenvalue weighted by Crippen LogP contribution is 2.33. The van der Waals surface area contributed by atoms with Crippen LogP contribution in [0, 0.1) is 0 Å². The van der Waals surface area contributed by atoms with E-state index in [2.05, 4.69) is 10.1 Å². The summed E-state index contributed by atoms with van der Waals surface area (Å²) in [6.45, 7) is 1.22. The van der Waals surface area contributed by atoms with Crippen molar-refractivity contribution in [2.75, 3.05) is 0 Å². The number of carbonyl (C=O) groups is 1. The minimum absolute atomic E-state index is 0.0266. The van der Waals surface area contributed by atoms with Gasteiger partial charge in [0.15, 0.2) is 5.75 Å². The number of nitrogens with one attached hydrogen (secondary N) is 1. The highest BCUT2D eigenvalue weighted by Gasteiger charge is 2.12. The molecule has 0 atom stereocenters. The summed E-state index contributed by atoms with van der Waals surface area (Å²) in [5.74, 6) is -0.539. The van der Waals surface area contributed by atoms with Crippen molar-refractivity contribution in [1.29, 1.82) is 0 Å². The van der Waals surface area contributed by atoms with Gasteiger partial charge in [-0.05, 0) is 29.8 Å². The molecule has 1 N–H and O–H groups in total. The van der Waals surface area contributed by atoms with Crippen LogP contribution in [0.2, 0.25) is 10.0 Å². The molecule has 0 radical (unpaired) electrons. The lowest BCUT2D eigenvalue weighted by Crippen LogP contribution is -2.32. The lowest BCUT2D eigenvalue weighted by atomic mass is 10.2. The van der Waals surface area contributed by atoms with Gasteiger partial charge in [-0.2, -0.15) is 5.10 Å². The van der Waals surface area contributed by atoms with Crippen molar-refractivity contribution in [2.24, 2.45) is 5.10 Å². The lowest BCUT2D eigenvalue weighted by molar-refractivity contribution is -0.131. The Labute approximate surface area is 156 Å². The van der Waals surface area contributed by atoms with Crippen molar-refractivity contribution in [3.63, 3.8) is 0 Å². The number of aromatic nitrogens is 2. The maximum absolute atomic E-state index is 12.4. The predicted octanol–water partition coefficient (Wildman–Crippen LogP) is 2.80. The summed E-state index contributed by atoms with van der Waals surface area (Å²) in [5, 5.41) is 4.42. The summed E-state index contributed by atoms with van der Waals surface area (Å²) in [6, 6.07) is 9.48. The van der Waals surface area contributed by atoms with Gasteiger partial charge < -0.3 is 9.72 Å². The number of aromatic amines is 1. The second-order valence-electron chi connectivity index (χ2n) is 5.24. The molecule has 0 amide bonds. The molecule has 132 valence electrons. The Balaban J connectivity index is 2.03. The fourth-order valence-electron chi connectivity index (χ4n) is 2.28. The van der Waals surface area contributed by atoms with E-state index in [-0.39, 0.29) is 15.8 Å². The maximum atomic E-state index is 12.4. The summed E-state index contributed by atoms with van der Waals surface area (Å²) < 4.78 is 5.62. The highest BCUT2D eigenvalue weighted by atomic mass is 35.5. The smallest absolute Gasteiger partial charge is 0.349 e. The Morgan fingerprint density at radius 3 is 2.50 bits per heavy atom. The Kier molecular flexibility index (Phi) is 4.92. The highest BCUT2D eigenvalue weighted by molar-refractivity contribution is 6.37. The molecule has 0 aliphatic carbocycles. The Morgan fingerprint density at radius 2 is 1.85 bits per heavy atom. The minimum Gasteiger partial charge on any atom is -0.424 e. The molecule has 26 heavy (non-hydrogen) atoms. The average molecular weight is 392 g/mol. The molecule has 9 heteroatoms. The number of benzene rings is 2. The minimum atomic E-state index is -0.682. The third-order valence-electron chi connectivity index (χ3n) is 3.37. The number of rotatable bonds is 3. The standard InChI is InChI=1S/C17H11Cl2N3O4/c1-9(23)26-15-12(18)6-10(7-13(15)19)8-20-22-16(24)11-4-2-3-5-14(11)21-17(22)25/h2-8H,1H3,(H,21,25). The largest absolute Gasteiger partial charge is 0.424 e. The maximum Gasteiger partial charge on any atom is 0.349 e. The number of ether oxygens (including phenoxy) is 1. The van der Waals surface area contributed by atoms with Crippen LogP contribution in [0.1, 0.15) is 12.5 Å². The molecule has 3 rings (SSSR count). The molecule has 0 saturated carbocycles. The van der Waals surface area contributed by atoms with E-state index < -0.39 is 17.2 Å². The van der Waals surface area contributed by atoms with Crippen LogP contribution < -0.4 is 16.0 Å². The van der Waals surface area contributed by atoms with Crippen molar-refractivity contribution in [3.05, 3.63) is 72.8 Å². The van der Waals surface area contributed by atoms with Gasteiger partial charge in [0.05, 0.1) is 27.2 Å². The molecule has 0 unspecified atom stereocenters. The van der Waals surface area contributed by atoms with Crippen molar-refractivity contribution in [1.82, 2.24) is 9.66 Å². The van der Waals surface area contributed by atoms with Gasteiger partial charge in [0.1, 0.15) is 0 Å². The molecule has 0 aliphatic heterocycles. The van der Waals surface area contributed by atoms with Gasteiger partial charge in [0.2, 0.25) is 0 Å². The number of halogens is 2. The van der Waals surface area contributed by atoms with E-state index in [1.165, 1.54) is 25.3 Å². The quantitative estimate of drug-likeness (QED) is 0.421. The van der Waals surface area contributed by atoms with Crippen molar-refractivity contribution >= 4 is 46.3 Å². The first-order valence-corrected chi connectivity index (χ1v) is 8.08.